The highest BCUT2D eigenvalue weighted by molar-refractivity contribution is 7.09. The average Bonchev–Trinajstić information content (AvgIpc) is 2.83. The van der Waals surface area contributed by atoms with E-state index < -0.39 is 0 Å². The maximum absolute atomic E-state index is 5.93. The Hall–Kier alpha value is -1.91. The summed E-state index contributed by atoms with van der Waals surface area (Å²) in [5.41, 5.74) is 7.66. The van der Waals surface area contributed by atoms with Gasteiger partial charge in [0.2, 0.25) is 5.06 Å². The summed E-state index contributed by atoms with van der Waals surface area (Å²) in [5, 5.41) is 1.85. The summed E-state index contributed by atoms with van der Waals surface area (Å²) in [4.78, 5) is 0. The molecule has 18 heavy (non-hydrogen) atoms. The first-order valence-electron chi connectivity index (χ1n) is 5.69. The van der Waals surface area contributed by atoms with Crippen LogP contribution >= 0.6 is 11.5 Å². The lowest BCUT2D eigenvalue weighted by Gasteiger charge is -2.07. The minimum atomic E-state index is 0.465. The molecule has 3 nitrogen and oxygen atoms in total. The summed E-state index contributed by atoms with van der Waals surface area (Å²) in [6, 6.07) is 15.7. The van der Waals surface area contributed by atoms with E-state index in [0.717, 1.165) is 27.3 Å². The first-order valence-corrected chi connectivity index (χ1v) is 6.46. The Morgan fingerprint density at radius 1 is 1.06 bits per heavy atom. The molecule has 0 unspecified atom stereocenters. The standard InChI is InChI=1S/C14H12N2OS/c15-9-10-5-1-4-8-13(10)17-14-11-6-2-3-7-12(11)16-18-14/h1-8H,9,15H2. The van der Waals surface area contributed by atoms with Crippen molar-refractivity contribution >= 4 is 22.4 Å². The average molecular weight is 256 g/mol. The number of para-hydroxylation sites is 1. The largest absolute Gasteiger partial charge is 0.444 e. The fraction of sp³-hybridized carbons (Fsp3) is 0.0714. The van der Waals surface area contributed by atoms with Gasteiger partial charge in [0.25, 0.3) is 0 Å². The van der Waals surface area contributed by atoms with Gasteiger partial charge in [-0.25, -0.2) is 0 Å². The van der Waals surface area contributed by atoms with Crippen molar-refractivity contribution in [2.24, 2.45) is 5.73 Å². The third-order valence-corrected chi connectivity index (χ3v) is 3.50. The van der Waals surface area contributed by atoms with Crippen LogP contribution in [0.25, 0.3) is 10.9 Å². The minimum absolute atomic E-state index is 0.465. The Kier molecular flexibility index (Phi) is 2.96. The lowest BCUT2D eigenvalue weighted by atomic mass is 10.2. The summed E-state index contributed by atoms with van der Waals surface area (Å²) in [6.45, 7) is 0.465. The van der Waals surface area contributed by atoms with E-state index in [9.17, 15) is 0 Å². The number of aromatic nitrogens is 1. The molecule has 0 amide bonds. The summed E-state index contributed by atoms with van der Waals surface area (Å²) in [5.74, 6) is 0.800. The van der Waals surface area contributed by atoms with Crippen molar-refractivity contribution < 1.29 is 4.74 Å². The normalized spacial score (nSPS) is 10.7. The monoisotopic (exact) mass is 256 g/mol. The summed E-state index contributed by atoms with van der Waals surface area (Å²) in [7, 11) is 0. The number of benzene rings is 2. The molecule has 1 heterocycles. The van der Waals surface area contributed by atoms with E-state index in [4.69, 9.17) is 10.5 Å². The Bertz CT molecular complexity index is 678. The van der Waals surface area contributed by atoms with E-state index in [1.807, 2.05) is 48.5 Å². The second-order valence-corrected chi connectivity index (χ2v) is 4.64. The predicted molar refractivity (Wildman–Crippen MR) is 74.0 cm³/mol. The number of ether oxygens (including phenoxy) is 1. The molecule has 0 radical (unpaired) electrons. The van der Waals surface area contributed by atoms with Crippen molar-refractivity contribution in [2.45, 2.75) is 6.54 Å². The van der Waals surface area contributed by atoms with Gasteiger partial charge >= 0.3 is 0 Å². The van der Waals surface area contributed by atoms with E-state index in [2.05, 4.69) is 4.37 Å². The van der Waals surface area contributed by atoms with Crippen molar-refractivity contribution in [3.8, 4) is 10.8 Å². The van der Waals surface area contributed by atoms with Crippen molar-refractivity contribution in [3.05, 3.63) is 54.1 Å². The van der Waals surface area contributed by atoms with E-state index in [1.165, 1.54) is 11.5 Å². The molecule has 3 rings (SSSR count). The Morgan fingerprint density at radius 3 is 2.72 bits per heavy atom. The van der Waals surface area contributed by atoms with Crippen LogP contribution in [0.4, 0.5) is 0 Å². The van der Waals surface area contributed by atoms with Crippen LogP contribution in [0.15, 0.2) is 48.5 Å². The van der Waals surface area contributed by atoms with Crippen molar-refractivity contribution in [2.75, 3.05) is 0 Å². The smallest absolute Gasteiger partial charge is 0.207 e. The van der Waals surface area contributed by atoms with Crippen LogP contribution in [0.5, 0.6) is 10.8 Å². The number of nitrogens with zero attached hydrogens (tertiary/aromatic N) is 1. The maximum Gasteiger partial charge on any atom is 0.207 e. The summed E-state index contributed by atoms with van der Waals surface area (Å²) < 4.78 is 10.3. The van der Waals surface area contributed by atoms with E-state index in [-0.39, 0.29) is 0 Å². The van der Waals surface area contributed by atoms with Gasteiger partial charge in [-0.2, -0.15) is 4.37 Å². The Morgan fingerprint density at radius 2 is 1.83 bits per heavy atom. The SMILES string of the molecule is NCc1ccccc1Oc1snc2ccccc12. The zero-order valence-electron chi connectivity index (χ0n) is 9.67. The number of fused-ring (bicyclic) bond motifs is 1. The second kappa shape index (κ2) is 4.76. The molecule has 2 aromatic carbocycles. The van der Waals surface area contributed by atoms with E-state index in [0.29, 0.717) is 6.54 Å². The highest BCUT2D eigenvalue weighted by Gasteiger charge is 2.09. The highest BCUT2D eigenvalue weighted by atomic mass is 32.1. The molecule has 90 valence electrons. The summed E-state index contributed by atoms with van der Waals surface area (Å²) in [6.07, 6.45) is 0. The van der Waals surface area contributed by atoms with Crippen LogP contribution < -0.4 is 10.5 Å². The predicted octanol–water partition coefficient (Wildman–Crippen LogP) is 3.55. The Labute approximate surface area is 109 Å². The highest BCUT2D eigenvalue weighted by Crippen LogP contribution is 2.34. The molecule has 0 atom stereocenters. The van der Waals surface area contributed by atoms with Crippen LogP contribution in [-0.4, -0.2) is 4.37 Å². The van der Waals surface area contributed by atoms with Crippen LogP contribution in [0.2, 0.25) is 0 Å². The molecule has 4 heteroatoms. The molecule has 0 bridgehead atoms. The number of rotatable bonds is 3. The minimum Gasteiger partial charge on any atom is -0.444 e. The van der Waals surface area contributed by atoms with Crippen LogP contribution in [-0.2, 0) is 6.54 Å². The first-order chi connectivity index (χ1) is 8.88. The molecule has 0 fully saturated rings. The van der Waals surface area contributed by atoms with Gasteiger partial charge in [0.05, 0.1) is 10.9 Å². The van der Waals surface area contributed by atoms with Gasteiger partial charge < -0.3 is 10.5 Å². The van der Waals surface area contributed by atoms with Gasteiger partial charge in [-0.15, -0.1) is 0 Å². The van der Waals surface area contributed by atoms with Gasteiger partial charge in [-0.1, -0.05) is 30.3 Å². The molecule has 0 aliphatic rings. The second-order valence-electron chi connectivity index (χ2n) is 3.90. The van der Waals surface area contributed by atoms with Gasteiger partial charge in [-0.05, 0) is 18.2 Å². The van der Waals surface area contributed by atoms with E-state index in [1.54, 1.807) is 0 Å². The lowest BCUT2D eigenvalue weighted by molar-refractivity contribution is 0.494. The molecular weight excluding hydrogens is 244 g/mol. The molecule has 0 aliphatic heterocycles. The van der Waals surface area contributed by atoms with Crippen LogP contribution in [0.1, 0.15) is 5.56 Å². The zero-order valence-corrected chi connectivity index (χ0v) is 10.5. The van der Waals surface area contributed by atoms with E-state index >= 15 is 0 Å². The molecular formula is C14H12N2OS. The van der Waals surface area contributed by atoms with Gasteiger partial charge in [-0.3, -0.25) is 0 Å². The Balaban J connectivity index is 2.01. The third kappa shape index (κ3) is 1.96. The number of hydrogen-bond donors (Lipinski definition) is 1. The molecule has 0 saturated heterocycles. The molecule has 2 N–H and O–H groups in total. The van der Waals surface area contributed by atoms with Crippen molar-refractivity contribution in [1.82, 2.24) is 4.37 Å². The fourth-order valence-corrected chi connectivity index (χ4v) is 2.55. The van der Waals surface area contributed by atoms with Crippen molar-refractivity contribution in [3.63, 3.8) is 0 Å². The van der Waals surface area contributed by atoms with Crippen LogP contribution in [0.3, 0.4) is 0 Å². The molecule has 1 aromatic heterocycles. The molecule has 3 aromatic rings. The fourth-order valence-electron chi connectivity index (χ4n) is 1.81. The molecule has 0 saturated carbocycles. The third-order valence-electron chi connectivity index (χ3n) is 2.75. The van der Waals surface area contributed by atoms with Gasteiger partial charge in [0, 0.05) is 23.6 Å². The number of nitrogens with two attached hydrogens (primary N) is 1. The van der Waals surface area contributed by atoms with Crippen molar-refractivity contribution in [1.29, 1.82) is 0 Å². The van der Waals surface area contributed by atoms with Crippen LogP contribution in [0, 0.1) is 0 Å². The zero-order chi connectivity index (χ0) is 12.4. The molecule has 0 spiro atoms. The number of hydrogen-bond acceptors (Lipinski definition) is 4. The maximum atomic E-state index is 5.93. The van der Waals surface area contributed by atoms with Gasteiger partial charge in [0.15, 0.2) is 0 Å². The molecule has 0 aliphatic carbocycles. The van der Waals surface area contributed by atoms with Gasteiger partial charge in [0.1, 0.15) is 5.75 Å². The lowest BCUT2D eigenvalue weighted by Crippen LogP contribution is -1.98. The topological polar surface area (TPSA) is 48.1 Å². The quantitative estimate of drug-likeness (QED) is 0.779. The summed E-state index contributed by atoms with van der Waals surface area (Å²) >= 11 is 1.36. The first kappa shape index (κ1) is 11.2.